The Kier molecular flexibility index (Phi) is 4.20. The Morgan fingerprint density at radius 3 is 2.73 bits per heavy atom. The van der Waals surface area contributed by atoms with Gasteiger partial charge in [0.05, 0.1) is 5.56 Å². The fraction of sp³-hybridized carbons (Fsp3) is 0.125. The molecule has 0 unspecified atom stereocenters. The molecule has 22 heavy (non-hydrogen) atoms. The van der Waals surface area contributed by atoms with Crippen molar-refractivity contribution >= 4 is 5.91 Å². The zero-order valence-corrected chi connectivity index (χ0v) is 11.8. The fourth-order valence-electron chi connectivity index (χ4n) is 1.96. The third-order valence-corrected chi connectivity index (χ3v) is 3.07. The van der Waals surface area contributed by atoms with Crippen LogP contribution in [-0.4, -0.2) is 27.6 Å². The SMILES string of the molecule is O=C(NCCc1ccccc1)c1nnc(-c2cccnc2)o1. The summed E-state index contributed by atoms with van der Waals surface area (Å²) >= 11 is 0. The zero-order valence-electron chi connectivity index (χ0n) is 11.8. The van der Waals surface area contributed by atoms with E-state index in [2.05, 4.69) is 20.5 Å². The maximum absolute atomic E-state index is 12.0. The van der Waals surface area contributed by atoms with Gasteiger partial charge < -0.3 is 9.73 Å². The second kappa shape index (κ2) is 6.62. The van der Waals surface area contributed by atoms with E-state index in [1.54, 1.807) is 24.5 Å². The highest BCUT2D eigenvalue weighted by molar-refractivity contribution is 5.89. The maximum Gasteiger partial charge on any atom is 0.308 e. The molecule has 0 aliphatic carbocycles. The van der Waals surface area contributed by atoms with Gasteiger partial charge >= 0.3 is 11.8 Å². The molecule has 0 saturated carbocycles. The van der Waals surface area contributed by atoms with Crippen LogP contribution in [0.25, 0.3) is 11.5 Å². The van der Waals surface area contributed by atoms with Crippen LogP contribution in [-0.2, 0) is 6.42 Å². The van der Waals surface area contributed by atoms with Crippen LogP contribution >= 0.6 is 0 Å². The van der Waals surface area contributed by atoms with Crippen molar-refractivity contribution in [3.05, 3.63) is 66.3 Å². The average Bonchev–Trinajstić information content (AvgIpc) is 3.07. The van der Waals surface area contributed by atoms with Crippen molar-refractivity contribution in [2.75, 3.05) is 6.54 Å². The summed E-state index contributed by atoms with van der Waals surface area (Å²) in [6.07, 6.45) is 4.00. The van der Waals surface area contributed by atoms with Gasteiger partial charge in [0, 0.05) is 18.9 Å². The van der Waals surface area contributed by atoms with Crippen molar-refractivity contribution in [2.24, 2.45) is 0 Å². The van der Waals surface area contributed by atoms with Crippen molar-refractivity contribution in [3.63, 3.8) is 0 Å². The Balaban J connectivity index is 1.58. The van der Waals surface area contributed by atoms with Gasteiger partial charge in [-0.1, -0.05) is 30.3 Å². The van der Waals surface area contributed by atoms with E-state index >= 15 is 0 Å². The smallest absolute Gasteiger partial charge is 0.308 e. The third kappa shape index (κ3) is 3.35. The predicted octanol–water partition coefficient (Wildman–Crippen LogP) is 2.10. The molecule has 2 aromatic heterocycles. The number of nitrogens with zero attached hydrogens (tertiary/aromatic N) is 3. The van der Waals surface area contributed by atoms with Gasteiger partial charge in [-0.25, -0.2) is 0 Å². The van der Waals surface area contributed by atoms with Gasteiger partial charge in [0.1, 0.15) is 0 Å². The molecule has 3 rings (SSSR count). The van der Waals surface area contributed by atoms with Crippen molar-refractivity contribution < 1.29 is 9.21 Å². The van der Waals surface area contributed by atoms with Crippen molar-refractivity contribution in [3.8, 4) is 11.5 Å². The lowest BCUT2D eigenvalue weighted by Gasteiger charge is -2.02. The molecule has 0 aliphatic heterocycles. The van der Waals surface area contributed by atoms with Crippen LogP contribution in [0.2, 0.25) is 0 Å². The molecule has 6 nitrogen and oxygen atoms in total. The number of benzene rings is 1. The van der Waals surface area contributed by atoms with Gasteiger partial charge in [0.15, 0.2) is 0 Å². The maximum atomic E-state index is 12.0. The molecule has 1 N–H and O–H groups in total. The molecular weight excluding hydrogens is 280 g/mol. The van der Waals surface area contributed by atoms with E-state index in [0.717, 1.165) is 12.0 Å². The Morgan fingerprint density at radius 1 is 1.09 bits per heavy atom. The molecule has 3 aromatic rings. The molecular formula is C16H14N4O2. The molecule has 6 heteroatoms. The lowest BCUT2D eigenvalue weighted by Crippen LogP contribution is -2.25. The highest BCUT2D eigenvalue weighted by atomic mass is 16.4. The number of carbonyl (C=O) groups is 1. The molecule has 0 fully saturated rings. The molecule has 1 aromatic carbocycles. The van der Waals surface area contributed by atoms with Crippen LogP contribution in [0, 0.1) is 0 Å². The normalized spacial score (nSPS) is 10.4. The van der Waals surface area contributed by atoms with Crippen molar-refractivity contribution in [1.29, 1.82) is 0 Å². The highest BCUT2D eigenvalue weighted by Crippen LogP contribution is 2.15. The molecule has 110 valence electrons. The van der Waals surface area contributed by atoms with E-state index in [1.807, 2.05) is 30.3 Å². The molecule has 1 amide bonds. The second-order valence-electron chi connectivity index (χ2n) is 4.65. The van der Waals surface area contributed by atoms with E-state index in [0.29, 0.717) is 12.1 Å². The summed E-state index contributed by atoms with van der Waals surface area (Å²) < 4.78 is 5.36. The largest absolute Gasteiger partial charge is 0.412 e. The number of rotatable bonds is 5. The monoisotopic (exact) mass is 294 g/mol. The number of amides is 1. The van der Waals surface area contributed by atoms with E-state index in [9.17, 15) is 4.79 Å². The van der Waals surface area contributed by atoms with E-state index in [4.69, 9.17) is 4.42 Å². The standard InChI is InChI=1S/C16H14N4O2/c21-14(18-10-8-12-5-2-1-3-6-12)16-20-19-15(22-16)13-7-4-9-17-11-13/h1-7,9,11H,8,10H2,(H,18,21). The Hall–Kier alpha value is -3.02. The zero-order chi connectivity index (χ0) is 15.2. The van der Waals surface area contributed by atoms with Crippen LogP contribution in [0.15, 0.2) is 59.3 Å². The minimum absolute atomic E-state index is 0.0492. The molecule has 0 saturated heterocycles. The summed E-state index contributed by atoms with van der Waals surface area (Å²) in [7, 11) is 0. The first kappa shape index (κ1) is 13.9. The topological polar surface area (TPSA) is 80.9 Å². The number of pyridine rings is 1. The van der Waals surface area contributed by atoms with Gasteiger partial charge in [0.25, 0.3) is 0 Å². The first-order valence-electron chi connectivity index (χ1n) is 6.89. The quantitative estimate of drug-likeness (QED) is 0.779. The third-order valence-electron chi connectivity index (χ3n) is 3.07. The van der Waals surface area contributed by atoms with Gasteiger partial charge in [-0.05, 0) is 24.1 Å². The van der Waals surface area contributed by atoms with Gasteiger partial charge in [-0.15, -0.1) is 10.2 Å². The van der Waals surface area contributed by atoms with Crippen molar-refractivity contribution in [1.82, 2.24) is 20.5 Å². The van der Waals surface area contributed by atoms with Crippen LogP contribution < -0.4 is 5.32 Å². The molecule has 2 heterocycles. The summed E-state index contributed by atoms with van der Waals surface area (Å²) in [6, 6.07) is 13.5. The summed E-state index contributed by atoms with van der Waals surface area (Å²) in [6.45, 7) is 0.507. The van der Waals surface area contributed by atoms with Crippen LogP contribution in [0.3, 0.4) is 0 Å². The molecule has 0 spiro atoms. The first-order chi connectivity index (χ1) is 10.8. The van der Waals surface area contributed by atoms with Crippen molar-refractivity contribution in [2.45, 2.75) is 6.42 Å². The summed E-state index contributed by atoms with van der Waals surface area (Å²) in [4.78, 5) is 15.9. The first-order valence-corrected chi connectivity index (χ1v) is 6.89. The molecule has 0 aliphatic rings. The average molecular weight is 294 g/mol. The predicted molar refractivity (Wildman–Crippen MR) is 80.0 cm³/mol. The number of carbonyl (C=O) groups excluding carboxylic acids is 1. The van der Waals surface area contributed by atoms with E-state index in [1.165, 1.54) is 0 Å². The number of hydrogen-bond donors (Lipinski definition) is 1. The lowest BCUT2D eigenvalue weighted by atomic mass is 10.1. The lowest BCUT2D eigenvalue weighted by molar-refractivity contribution is 0.0920. The number of hydrogen-bond acceptors (Lipinski definition) is 5. The Labute approximate surface area is 127 Å². The van der Waals surface area contributed by atoms with E-state index in [-0.39, 0.29) is 17.7 Å². The summed E-state index contributed by atoms with van der Waals surface area (Å²) in [5.41, 5.74) is 1.84. The summed E-state index contributed by atoms with van der Waals surface area (Å²) in [5.74, 6) is -0.146. The Bertz CT molecular complexity index is 741. The molecule has 0 bridgehead atoms. The molecule has 0 atom stereocenters. The highest BCUT2D eigenvalue weighted by Gasteiger charge is 2.15. The fourth-order valence-corrected chi connectivity index (χ4v) is 1.96. The Morgan fingerprint density at radius 2 is 1.95 bits per heavy atom. The minimum atomic E-state index is -0.376. The number of aromatic nitrogens is 3. The van der Waals surface area contributed by atoms with Crippen LogP contribution in [0.1, 0.15) is 16.2 Å². The van der Waals surface area contributed by atoms with Gasteiger partial charge in [-0.3, -0.25) is 9.78 Å². The van der Waals surface area contributed by atoms with E-state index < -0.39 is 0 Å². The number of nitrogens with one attached hydrogen (secondary N) is 1. The van der Waals surface area contributed by atoms with Crippen LogP contribution in [0.4, 0.5) is 0 Å². The summed E-state index contributed by atoms with van der Waals surface area (Å²) in [5, 5.41) is 10.4. The molecule has 0 radical (unpaired) electrons. The second-order valence-corrected chi connectivity index (χ2v) is 4.65. The minimum Gasteiger partial charge on any atom is -0.412 e. The van der Waals surface area contributed by atoms with Gasteiger partial charge in [0.2, 0.25) is 5.89 Å². The van der Waals surface area contributed by atoms with Crippen LogP contribution in [0.5, 0.6) is 0 Å². The van der Waals surface area contributed by atoms with Gasteiger partial charge in [-0.2, -0.15) is 0 Å².